The van der Waals surface area contributed by atoms with E-state index in [1.54, 1.807) is 48.5 Å². The Bertz CT molecular complexity index is 903. The van der Waals surface area contributed by atoms with Gasteiger partial charge in [0.05, 0.1) is 5.92 Å². The van der Waals surface area contributed by atoms with E-state index in [1.807, 2.05) is 13.8 Å². The number of aliphatic carboxylic acids is 1. The van der Waals surface area contributed by atoms with Gasteiger partial charge in [0.2, 0.25) is 5.91 Å². The van der Waals surface area contributed by atoms with Crippen LogP contribution in [0.5, 0.6) is 11.5 Å². The zero-order valence-corrected chi connectivity index (χ0v) is 16.5. The molecule has 6 heteroatoms. The number of hydrogen-bond acceptors (Lipinski definition) is 4. The van der Waals surface area contributed by atoms with Crippen molar-refractivity contribution < 1.29 is 19.4 Å². The minimum Gasteiger partial charge on any atom is -0.550 e. The van der Waals surface area contributed by atoms with Gasteiger partial charge >= 0.3 is 0 Å². The number of anilines is 1. The molecule has 1 amide bonds. The molecule has 0 aliphatic heterocycles. The van der Waals surface area contributed by atoms with Crippen LogP contribution in [0.2, 0.25) is 5.02 Å². The Morgan fingerprint density at radius 2 is 1.43 bits per heavy atom. The molecule has 1 aliphatic carbocycles. The van der Waals surface area contributed by atoms with Crippen LogP contribution in [-0.4, -0.2) is 11.9 Å². The first kappa shape index (κ1) is 20.0. The SMILES string of the molecule is CC1=C(C)C[C@@H](C(=O)Nc2ccc(Oc3ccc(Cl)cc3)cc2)[C@H](C(=O)[O-])C1. The highest BCUT2D eigenvalue weighted by atomic mass is 35.5. The van der Waals surface area contributed by atoms with Crippen molar-refractivity contribution >= 4 is 29.2 Å². The van der Waals surface area contributed by atoms with E-state index in [1.165, 1.54) is 0 Å². The third kappa shape index (κ3) is 4.73. The van der Waals surface area contributed by atoms with Crippen LogP contribution in [0, 0.1) is 11.8 Å². The molecule has 2 aromatic carbocycles. The van der Waals surface area contributed by atoms with Crippen LogP contribution in [0.15, 0.2) is 59.7 Å². The lowest BCUT2D eigenvalue weighted by Gasteiger charge is -2.32. The van der Waals surface area contributed by atoms with Gasteiger partial charge < -0.3 is 20.0 Å². The fourth-order valence-electron chi connectivity index (χ4n) is 3.30. The molecular weight excluding hydrogens is 378 g/mol. The lowest BCUT2D eigenvalue weighted by molar-refractivity contribution is -0.313. The number of nitrogens with one attached hydrogen (secondary N) is 1. The summed E-state index contributed by atoms with van der Waals surface area (Å²) in [5.41, 5.74) is 2.65. The highest BCUT2D eigenvalue weighted by Crippen LogP contribution is 2.34. The predicted molar refractivity (Wildman–Crippen MR) is 106 cm³/mol. The summed E-state index contributed by atoms with van der Waals surface area (Å²) in [5.74, 6) is -1.68. The number of hydrogen-bond donors (Lipinski definition) is 1. The van der Waals surface area contributed by atoms with E-state index in [2.05, 4.69) is 5.32 Å². The van der Waals surface area contributed by atoms with Crippen molar-refractivity contribution in [1.29, 1.82) is 0 Å². The molecule has 1 aliphatic rings. The largest absolute Gasteiger partial charge is 0.550 e. The lowest BCUT2D eigenvalue weighted by Crippen LogP contribution is -2.42. The fraction of sp³-hybridized carbons (Fsp3) is 0.273. The minimum atomic E-state index is -1.18. The highest BCUT2D eigenvalue weighted by molar-refractivity contribution is 6.30. The molecule has 5 nitrogen and oxygen atoms in total. The number of carboxylic acids is 1. The summed E-state index contributed by atoms with van der Waals surface area (Å²) in [7, 11) is 0. The van der Waals surface area contributed by atoms with Crippen LogP contribution < -0.4 is 15.2 Å². The molecule has 0 saturated heterocycles. The Labute approximate surface area is 169 Å². The van der Waals surface area contributed by atoms with Crippen molar-refractivity contribution in [1.82, 2.24) is 0 Å². The van der Waals surface area contributed by atoms with E-state index in [9.17, 15) is 14.7 Å². The van der Waals surface area contributed by atoms with Crippen LogP contribution in [0.25, 0.3) is 0 Å². The molecule has 146 valence electrons. The second kappa shape index (κ2) is 8.48. The van der Waals surface area contributed by atoms with Gasteiger partial charge in [-0.3, -0.25) is 4.79 Å². The summed E-state index contributed by atoms with van der Waals surface area (Å²) in [5, 5.41) is 14.9. The van der Waals surface area contributed by atoms with Crippen molar-refractivity contribution in [3.63, 3.8) is 0 Å². The quantitative estimate of drug-likeness (QED) is 0.766. The third-order valence-corrected chi connectivity index (χ3v) is 5.33. The normalized spacial score (nSPS) is 19.2. The molecule has 0 saturated carbocycles. The van der Waals surface area contributed by atoms with Crippen LogP contribution in [-0.2, 0) is 9.59 Å². The van der Waals surface area contributed by atoms with Crippen molar-refractivity contribution in [3.05, 3.63) is 64.7 Å². The van der Waals surface area contributed by atoms with Crippen LogP contribution in [0.3, 0.4) is 0 Å². The molecule has 0 fully saturated rings. The molecule has 0 spiro atoms. The monoisotopic (exact) mass is 398 g/mol. The van der Waals surface area contributed by atoms with E-state index in [4.69, 9.17) is 16.3 Å². The molecule has 2 atom stereocenters. The number of amides is 1. The predicted octanol–water partition coefficient (Wildman–Crippen LogP) is 4.18. The topological polar surface area (TPSA) is 78.5 Å². The summed E-state index contributed by atoms with van der Waals surface area (Å²) in [6.07, 6.45) is 0.772. The maximum Gasteiger partial charge on any atom is 0.228 e. The molecule has 0 radical (unpaired) electrons. The summed E-state index contributed by atoms with van der Waals surface area (Å²) in [4.78, 5) is 24.1. The molecule has 0 heterocycles. The molecule has 0 aromatic heterocycles. The number of benzene rings is 2. The fourth-order valence-corrected chi connectivity index (χ4v) is 3.42. The van der Waals surface area contributed by atoms with Gasteiger partial charge in [-0.1, -0.05) is 22.7 Å². The molecule has 3 rings (SSSR count). The van der Waals surface area contributed by atoms with Gasteiger partial charge in [-0.05, 0) is 75.2 Å². The average molecular weight is 399 g/mol. The maximum absolute atomic E-state index is 12.7. The Morgan fingerprint density at radius 3 is 1.96 bits per heavy atom. The van der Waals surface area contributed by atoms with E-state index >= 15 is 0 Å². The number of allylic oxidation sites excluding steroid dienone is 2. The standard InChI is InChI=1S/C22H22ClNO4/c1-13-11-19(20(22(26)27)12-14(13)2)21(25)24-16-5-9-18(10-6-16)28-17-7-3-15(23)4-8-17/h3-10,19-20H,11-12H2,1-2H3,(H,24,25)(H,26,27)/p-1/t19-,20-/m1/s1. The first-order valence-corrected chi connectivity index (χ1v) is 9.41. The molecular formula is C22H21ClNO4-. The van der Waals surface area contributed by atoms with Gasteiger partial charge in [0.25, 0.3) is 0 Å². The molecule has 0 bridgehead atoms. The minimum absolute atomic E-state index is 0.313. The molecule has 1 N–H and O–H groups in total. The first-order chi connectivity index (χ1) is 13.3. The zero-order valence-electron chi connectivity index (χ0n) is 15.7. The molecule has 2 aromatic rings. The van der Waals surface area contributed by atoms with Crippen LogP contribution in [0.4, 0.5) is 5.69 Å². The van der Waals surface area contributed by atoms with Crippen LogP contribution >= 0.6 is 11.6 Å². The summed E-state index contributed by atoms with van der Waals surface area (Å²) in [6.45, 7) is 3.84. The molecule has 0 unspecified atom stereocenters. The first-order valence-electron chi connectivity index (χ1n) is 9.04. The van der Waals surface area contributed by atoms with Gasteiger partial charge in [-0.25, -0.2) is 0 Å². The number of ether oxygens (including phenoxy) is 1. The summed E-state index contributed by atoms with van der Waals surface area (Å²) in [6, 6.07) is 13.9. The van der Waals surface area contributed by atoms with Gasteiger partial charge in [-0.2, -0.15) is 0 Å². The number of rotatable bonds is 5. The van der Waals surface area contributed by atoms with Gasteiger partial charge in [0.1, 0.15) is 11.5 Å². The maximum atomic E-state index is 12.7. The van der Waals surface area contributed by atoms with E-state index in [-0.39, 0.29) is 5.91 Å². The number of carbonyl (C=O) groups is 2. The van der Waals surface area contributed by atoms with Crippen molar-refractivity contribution in [2.24, 2.45) is 11.8 Å². The van der Waals surface area contributed by atoms with E-state index in [0.29, 0.717) is 35.1 Å². The van der Waals surface area contributed by atoms with Crippen molar-refractivity contribution in [2.45, 2.75) is 26.7 Å². The Hall–Kier alpha value is -2.79. The highest BCUT2D eigenvalue weighted by Gasteiger charge is 2.33. The zero-order chi connectivity index (χ0) is 20.3. The summed E-state index contributed by atoms with van der Waals surface area (Å²) >= 11 is 5.86. The van der Waals surface area contributed by atoms with Crippen LogP contribution in [0.1, 0.15) is 26.7 Å². The second-order valence-corrected chi connectivity index (χ2v) is 7.51. The van der Waals surface area contributed by atoms with Crippen molar-refractivity contribution in [2.75, 3.05) is 5.32 Å². The van der Waals surface area contributed by atoms with E-state index in [0.717, 1.165) is 11.1 Å². The molecule has 28 heavy (non-hydrogen) atoms. The van der Waals surface area contributed by atoms with E-state index < -0.39 is 17.8 Å². The van der Waals surface area contributed by atoms with Crippen molar-refractivity contribution in [3.8, 4) is 11.5 Å². The van der Waals surface area contributed by atoms with Gasteiger partial charge in [-0.15, -0.1) is 0 Å². The second-order valence-electron chi connectivity index (χ2n) is 7.07. The number of halogens is 1. The number of carboxylic acid groups (broad SMARTS) is 1. The van der Waals surface area contributed by atoms with Gasteiger partial charge in [0, 0.05) is 22.6 Å². The Morgan fingerprint density at radius 1 is 0.929 bits per heavy atom. The lowest BCUT2D eigenvalue weighted by atomic mass is 9.76. The Balaban J connectivity index is 1.66. The Kier molecular flexibility index (Phi) is 6.05. The average Bonchev–Trinajstić information content (AvgIpc) is 2.66. The summed E-state index contributed by atoms with van der Waals surface area (Å²) < 4.78 is 5.72. The van der Waals surface area contributed by atoms with Gasteiger partial charge in [0.15, 0.2) is 0 Å². The number of carbonyl (C=O) groups excluding carboxylic acids is 2. The third-order valence-electron chi connectivity index (χ3n) is 5.08. The smallest absolute Gasteiger partial charge is 0.228 e.